The number of carboxylic acids is 5. The van der Waals surface area contributed by atoms with Crippen LogP contribution >= 0.6 is 0 Å². The van der Waals surface area contributed by atoms with E-state index in [-0.39, 0.29) is 0 Å². The maximum Gasteiger partial charge on any atom is 0.349 e. The Hall–Kier alpha value is -3.22. The maximum atomic E-state index is 11.7. The lowest BCUT2D eigenvalue weighted by Gasteiger charge is -2.27. The van der Waals surface area contributed by atoms with Crippen molar-refractivity contribution in [3.8, 4) is 0 Å². The SMILES string of the molecule is O=C(O)CC(CC(=O)O)(OC(=O)CC(C(=O)O)C(O)C(=O)O)C(=O)O. The summed E-state index contributed by atoms with van der Waals surface area (Å²) in [5, 5.41) is 53.0. The van der Waals surface area contributed by atoms with Gasteiger partial charge in [-0.1, -0.05) is 0 Å². The summed E-state index contributed by atoms with van der Waals surface area (Å²) in [5.74, 6) is -13.6. The van der Waals surface area contributed by atoms with Crippen LogP contribution in [0.25, 0.3) is 0 Å². The molecule has 25 heavy (non-hydrogen) atoms. The van der Waals surface area contributed by atoms with E-state index >= 15 is 0 Å². The molecule has 0 aliphatic heterocycles. The number of carboxylic acid groups (broad SMARTS) is 5. The number of aliphatic carboxylic acids is 5. The van der Waals surface area contributed by atoms with E-state index in [1.165, 1.54) is 0 Å². The van der Waals surface area contributed by atoms with Crippen molar-refractivity contribution in [2.45, 2.75) is 31.0 Å². The molecule has 6 N–H and O–H groups in total. The van der Waals surface area contributed by atoms with Gasteiger partial charge in [0.2, 0.25) is 5.60 Å². The number of ether oxygens (including phenoxy) is 1. The number of carbonyl (C=O) groups excluding carboxylic acids is 1. The third-order valence-electron chi connectivity index (χ3n) is 2.91. The second kappa shape index (κ2) is 8.58. The van der Waals surface area contributed by atoms with Crippen LogP contribution < -0.4 is 0 Å². The maximum absolute atomic E-state index is 11.7. The van der Waals surface area contributed by atoms with Crippen molar-refractivity contribution >= 4 is 35.8 Å². The highest BCUT2D eigenvalue weighted by Gasteiger charge is 2.48. The van der Waals surface area contributed by atoms with Crippen molar-refractivity contribution in [2.75, 3.05) is 0 Å². The minimum atomic E-state index is -3.04. The van der Waals surface area contributed by atoms with E-state index < -0.39 is 72.7 Å². The topological polar surface area (TPSA) is 233 Å². The van der Waals surface area contributed by atoms with Gasteiger partial charge in [0.1, 0.15) is 5.92 Å². The summed E-state index contributed by atoms with van der Waals surface area (Å²) in [6.07, 6.45) is -6.76. The zero-order valence-electron chi connectivity index (χ0n) is 12.3. The van der Waals surface area contributed by atoms with Crippen molar-refractivity contribution < 1.29 is 64.1 Å². The summed E-state index contributed by atoms with van der Waals surface area (Å²) in [6, 6.07) is 0. The highest BCUT2D eigenvalue weighted by atomic mass is 16.6. The Balaban J connectivity index is 5.53. The first-order valence-electron chi connectivity index (χ1n) is 6.35. The normalized spacial score (nSPS) is 13.3. The molecule has 0 spiro atoms. The number of carbonyl (C=O) groups is 6. The average molecular weight is 366 g/mol. The lowest BCUT2D eigenvalue weighted by molar-refractivity contribution is -0.188. The second-order valence-corrected chi connectivity index (χ2v) is 4.85. The lowest BCUT2D eigenvalue weighted by Crippen LogP contribution is -2.48. The molecule has 140 valence electrons. The van der Waals surface area contributed by atoms with Gasteiger partial charge in [0, 0.05) is 0 Å². The smallest absolute Gasteiger partial charge is 0.349 e. The summed E-state index contributed by atoms with van der Waals surface area (Å²) in [7, 11) is 0. The molecule has 0 aliphatic rings. The first-order chi connectivity index (χ1) is 11.3. The molecular formula is C12H14O13. The van der Waals surface area contributed by atoms with Gasteiger partial charge in [-0.25, -0.2) is 9.59 Å². The van der Waals surface area contributed by atoms with Crippen molar-refractivity contribution in [1.82, 2.24) is 0 Å². The number of rotatable bonds is 11. The number of esters is 1. The van der Waals surface area contributed by atoms with Crippen LogP contribution in [0.5, 0.6) is 0 Å². The number of aliphatic hydroxyl groups excluding tert-OH is 1. The highest BCUT2D eigenvalue weighted by Crippen LogP contribution is 2.24. The molecule has 0 aliphatic carbocycles. The van der Waals surface area contributed by atoms with Gasteiger partial charge in [-0.2, -0.15) is 0 Å². The predicted molar refractivity (Wildman–Crippen MR) is 70.3 cm³/mol. The standard InChI is InChI=1S/C12H14O13/c13-5(14)2-12(11(23)24,3-6(15)16)25-7(17)1-4(9(19)20)8(18)10(21)22/h4,8,18H,1-3H2,(H,13,14)(H,15,16)(H,19,20)(H,21,22)(H,23,24). The molecule has 13 heteroatoms. The molecular weight excluding hydrogens is 352 g/mol. The molecule has 0 amide bonds. The van der Waals surface area contributed by atoms with Crippen LogP contribution in [0.1, 0.15) is 19.3 Å². The van der Waals surface area contributed by atoms with E-state index in [9.17, 15) is 33.9 Å². The Morgan fingerprint density at radius 3 is 1.52 bits per heavy atom. The molecule has 0 radical (unpaired) electrons. The van der Waals surface area contributed by atoms with Crippen LogP contribution in [-0.4, -0.2) is 78.2 Å². The fourth-order valence-electron chi connectivity index (χ4n) is 1.76. The largest absolute Gasteiger partial charge is 0.481 e. The van der Waals surface area contributed by atoms with E-state index in [4.69, 9.17) is 25.5 Å². The fraction of sp³-hybridized carbons (Fsp3) is 0.500. The highest BCUT2D eigenvalue weighted by molar-refractivity contribution is 5.91. The molecule has 13 nitrogen and oxygen atoms in total. The summed E-state index contributed by atoms with van der Waals surface area (Å²) in [4.78, 5) is 66.0. The summed E-state index contributed by atoms with van der Waals surface area (Å²) in [5.41, 5.74) is -3.04. The quantitative estimate of drug-likeness (QED) is 0.214. The third-order valence-corrected chi connectivity index (χ3v) is 2.91. The Morgan fingerprint density at radius 1 is 0.800 bits per heavy atom. The zero-order chi connectivity index (χ0) is 19.9. The lowest BCUT2D eigenvalue weighted by atomic mass is 9.94. The Kier molecular flexibility index (Phi) is 7.48. The number of hydrogen-bond acceptors (Lipinski definition) is 8. The summed E-state index contributed by atoms with van der Waals surface area (Å²) < 4.78 is 4.36. The molecule has 0 saturated heterocycles. The van der Waals surface area contributed by atoms with Gasteiger partial charge < -0.3 is 35.4 Å². The van der Waals surface area contributed by atoms with Crippen molar-refractivity contribution in [3.05, 3.63) is 0 Å². The van der Waals surface area contributed by atoms with Crippen molar-refractivity contribution in [3.63, 3.8) is 0 Å². The van der Waals surface area contributed by atoms with E-state index in [0.29, 0.717) is 0 Å². The molecule has 0 saturated carbocycles. The van der Waals surface area contributed by atoms with Gasteiger partial charge in [0.25, 0.3) is 0 Å². The van der Waals surface area contributed by atoms with Crippen molar-refractivity contribution in [2.24, 2.45) is 5.92 Å². The van der Waals surface area contributed by atoms with Gasteiger partial charge in [-0.05, 0) is 0 Å². The second-order valence-electron chi connectivity index (χ2n) is 4.85. The van der Waals surface area contributed by atoms with Gasteiger partial charge in [0.15, 0.2) is 6.10 Å². The van der Waals surface area contributed by atoms with Crippen LogP contribution in [-0.2, 0) is 33.5 Å². The third kappa shape index (κ3) is 6.42. The predicted octanol–water partition coefficient (Wildman–Crippen LogP) is -2.16. The summed E-state index contributed by atoms with van der Waals surface area (Å²) in [6.45, 7) is 0. The van der Waals surface area contributed by atoms with Gasteiger partial charge in [-0.3, -0.25) is 19.2 Å². The Labute approximate surface area is 138 Å². The molecule has 0 aromatic rings. The molecule has 0 fully saturated rings. The Bertz CT molecular complexity index is 576. The zero-order valence-corrected chi connectivity index (χ0v) is 12.3. The van der Waals surface area contributed by atoms with Crippen molar-refractivity contribution in [1.29, 1.82) is 0 Å². The molecule has 0 heterocycles. The number of hydrogen-bond donors (Lipinski definition) is 6. The van der Waals surface area contributed by atoms with E-state index in [1.54, 1.807) is 0 Å². The van der Waals surface area contributed by atoms with E-state index in [2.05, 4.69) is 4.74 Å². The summed E-state index contributed by atoms with van der Waals surface area (Å²) >= 11 is 0. The Morgan fingerprint density at radius 2 is 1.24 bits per heavy atom. The van der Waals surface area contributed by atoms with E-state index in [0.717, 1.165) is 0 Å². The number of aliphatic hydroxyl groups is 1. The van der Waals surface area contributed by atoms with Crippen LogP contribution in [0, 0.1) is 5.92 Å². The molecule has 2 unspecified atom stereocenters. The van der Waals surface area contributed by atoms with Gasteiger partial charge in [-0.15, -0.1) is 0 Å². The molecule has 0 aromatic carbocycles. The van der Waals surface area contributed by atoms with Crippen LogP contribution in [0.15, 0.2) is 0 Å². The minimum absolute atomic E-state index is 1.34. The average Bonchev–Trinajstić information content (AvgIpc) is 2.41. The first kappa shape index (κ1) is 21.8. The first-order valence-corrected chi connectivity index (χ1v) is 6.35. The molecule has 0 aromatic heterocycles. The van der Waals surface area contributed by atoms with Crippen LogP contribution in [0.3, 0.4) is 0 Å². The van der Waals surface area contributed by atoms with Crippen LogP contribution in [0.4, 0.5) is 0 Å². The molecule has 2 atom stereocenters. The van der Waals surface area contributed by atoms with Gasteiger partial charge in [0.05, 0.1) is 19.3 Å². The fourth-order valence-corrected chi connectivity index (χ4v) is 1.76. The van der Waals surface area contributed by atoms with E-state index in [1.807, 2.05) is 0 Å². The monoisotopic (exact) mass is 366 g/mol. The van der Waals surface area contributed by atoms with Crippen LogP contribution in [0.2, 0.25) is 0 Å². The van der Waals surface area contributed by atoms with Gasteiger partial charge >= 0.3 is 35.8 Å². The molecule has 0 bridgehead atoms. The molecule has 0 rings (SSSR count). The minimum Gasteiger partial charge on any atom is -0.481 e.